The monoisotopic (exact) mass is 199 g/mol. The standard InChI is InChI=1S/C12H25NO/c1-9(11(2,3)4)8-10(14)13-12(5,6)7/h9H,8H2,1-7H3,(H,13,14). The number of hydrogen-bond acceptors (Lipinski definition) is 1. The highest BCUT2D eigenvalue weighted by Gasteiger charge is 2.24. The van der Waals surface area contributed by atoms with E-state index in [0.717, 1.165) is 0 Å². The lowest BCUT2D eigenvalue weighted by Gasteiger charge is -2.28. The molecule has 1 unspecified atom stereocenters. The summed E-state index contributed by atoms with van der Waals surface area (Å²) in [5.41, 5.74) is 0.0872. The van der Waals surface area contributed by atoms with Crippen LogP contribution in [0.15, 0.2) is 0 Å². The topological polar surface area (TPSA) is 29.1 Å². The minimum Gasteiger partial charge on any atom is -0.352 e. The van der Waals surface area contributed by atoms with Crippen molar-refractivity contribution in [3.63, 3.8) is 0 Å². The van der Waals surface area contributed by atoms with Crippen LogP contribution in [0.1, 0.15) is 54.9 Å². The van der Waals surface area contributed by atoms with Crippen molar-refractivity contribution in [1.82, 2.24) is 5.32 Å². The van der Waals surface area contributed by atoms with Crippen LogP contribution in [-0.4, -0.2) is 11.4 Å². The first kappa shape index (κ1) is 13.5. The summed E-state index contributed by atoms with van der Waals surface area (Å²) in [4.78, 5) is 11.6. The first-order valence-electron chi connectivity index (χ1n) is 5.33. The molecule has 0 heterocycles. The molecule has 1 N–H and O–H groups in total. The molecule has 0 radical (unpaired) electrons. The number of nitrogens with one attached hydrogen (secondary N) is 1. The van der Waals surface area contributed by atoms with E-state index in [9.17, 15) is 4.79 Å². The summed E-state index contributed by atoms with van der Waals surface area (Å²) in [6.07, 6.45) is 0.612. The molecule has 14 heavy (non-hydrogen) atoms. The van der Waals surface area contributed by atoms with Crippen LogP contribution in [0.5, 0.6) is 0 Å². The normalized spacial score (nSPS) is 15.1. The zero-order valence-electron chi connectivity index (χ0n) is 10.7. The molecule has 84 valence electrons. The highest BCUT2D eigenvalue weighted by molar-refractivity contribution is 5.76. The molecule has 0 fully saturated rings. The van der Waals surface area contributed by atoms with Gasteiger partial charge in [0.1, 0.15) is 0 Å². The molecule has 2 nitrogen and oxygen atoms in total. The van der Waals surface area contributed by atoms with Crippen molar-refractivity contribution in [2.24, 2.45) is 11.3 Å². The maximum atomic E-state index is 11.6. The van der Waals surface area contributed by atoms with Gasteiger partial charge in [0, 0.05) is 12.0 Å². The quantitative estimate of drug-likeness (QED) is 0.728. The molecule has 0 aromatic rings. The van der Waals surface area contributed by atoms with E-state index in [1.165, 1.54) is 0 Å². The molecular formula is C12H25NO. The van der Waals surface area contributed by atoms with Crippen LogP contribution in [0.4, 0.5) is 0 Å². The molecule has 0 aromatic carbocycles. The Hall–Kier alpha value is -0.530. The van der Waals surface area contributed by atoms with Crippen molar-refractivity contribution in [1.29, 1.82) is 0 Å². The van der Waals surface area contributed by atoms with Gasteiger partial charge in [-0.3, -0.25) is 4.79 Å². The molecule has 0 saturated heterocycles. The van der Waals surface area contributed by atoms with Crippen LogP contribution < -0.4 is 5.32 Å². The van der Waals surface area contributed by atoms with Crippen molar-refractivity contribution >= 4 is 5.91 Å². The van der Waals surface area contributed by atoms with E-state index in [-0.39, 0.29) is 16.9 Å². The van der Waals surface area contributed by atoms with Crippen molar-refractivity contribution in [2.45, 2.75) is 60.4 Å². The fourth-order valence-electron chi connectivity index (χ4n) is 1.05. The molecule has 2 heteroatoms. The fourth-order valence-corrected chi connectivity index (χ4v) is 1.05. The molecule has 0 rings (SSSR count). The van der Waals surface area contributed by atoms with Crippen LogP contribution in [0.25, 0.3) is 0 Å². The molecule has 0 aliphatic heterocycles. The van der Waals surface area contributed by atoms with Crippen LogP contribution in [0, 0.1) is 11.3 Å². The Labute approximate surface area is 88.5 Å². The van der Waals surface area contributed by atoms with E-state index in [1.807, 2.05) is 20.8 Å². The Balaban J connectivity index is 4.09. The molecule has 0 aliphatic carbocycles. The van der Waals surface area contributed by atoms with Crippen LogP contribution in [0.3, 0.4) is 0 Å². The predicted octanol–water partition coefficient (Wildman–Crippen LogP) is 2.97. The van der Waals surface area contributed by atoms with Gasteiger partial charge in [0.15, 0.2) is 0 Å². The minimum absolute atomic E-state index is 0.116. The summed E-state index contributed by atoms with van der Waals surface area (Å²) in [6.45, 7) is 14.7. The molecule has 0 saturated carbocycles. The van der Waals surface area contributed by atoms with Gasteiger partial charge in [0.2, 0.25) is 5.91 Å². The highest BCUT2D eigenvalue weighted by atomic mass is 16.1. The summed E-state index contributed by atoms with van der Waals surface area (Å²) >= 11 is 0. The maximum absolute atomic E-state index is 11.6. The van der Waals surface area contributed by atoms with Gasteiger partial charge < -0.3 is 5.32 Å². The summed E-state index contributed by atoms with van der Waals surface area (Å²) < 4.78 is 0. The number of hydrogen-bond donors (Lipinski definition) is 1. The Kier molecular flexibility index (Phi) is 4.16. The Morgan fingerprint density at radius 2 is 1.57 bits per heavy atom. The molecule has 1 atom stereocenters. The molecule has 0 spiro atoms. The van der Waals surface area contributed by atoms with Gasteiger partial charge in [0.25, 0.3) is 0 Å². The van der Waals surface area contributed by atoms with Crippen molar-refractivity contribution in [3.05, 3.63) is 0 Å². The number of rotatable bonds is 2. The number of amides is 1. The average molecular weight is 199 g/mol. The molecule has 0 aliphatic rings. The third kappa shape index (κ3) is 6.01. The van der Waals surface area contributed by atoms with E-state index in [1.54, 1.807) is 0 Å². The lowest BCUT2D eigenvalue weighted by Crippen LogP contribution is -2.41. The third-order valence-electron chi connectivity index (χ3n) is 2.48. The zero-order valence-corrected chi connectivity index (χ0v) is 10.7. The Morgan fingerprint density at radius 3 is 1.86 bits per heavy atom. The van der Waals surface area contributed by atoms with Gasteiger partial charge >= 0.3 is 0 Å². The van der Waals surface area contributed by atoms with Gasteiger partial charge in [-0.05, 0) is 32.1 Å². The number of carbonyl (C=O) groups excluding carboxylic acids is 1. The van der Waals surface area contributed by atoms with Crippen molar-refractivity contribution < 1.29 is 4.79 Å². The van der Waals surface area contributed by atoms with E-state index in [4.69, 9.17) is 0 Å². The highest BCUT2D eigenvalue weighted by Crippen LogP contribution is 2.27. The van der Waals surface area contributed by atoms with Gasteiger partial charge in [0.05, 0.1) is 0 Å². The Bertz CT molecular complexity index is 195. The van der Waals surface area contributed by atoms with Crippen LogP contribution >= 0.6 is 0 Å². The largest absolute Gasteiger partial charge is 0.352 e. The van der Waals surface area contributed by atoms with Crippen molar-refractivity contribution in [3.8, 4) is 0 Å². The number of carbonyl (C=O) groups is 1. The van der Waals surface area contributed by atoms with Crippen LogP contribution in [0.2, 0.25) is 0 Å². The molecule has 0 bridgehead atoms. The van der Waals surface area contributed by atoms with Crippen molar-refractivity contribution in [2.75, 3.05) is 0 Å². The second kappa shape index (κ2) is 4.33. The third-order valence-corrected chi connectivity index (χ3v) is 2.48. The molecular weight excluding hydrogens is 174 g/mol. The van der Waals surface area contributed by atoms with E-state index >= 15 is 0 Å². The first-order chi connectivity index (χ1) is 6.02. The lowest BCUT2D eigenvalue weighted by atomic mass is 9.80. The zero-order chi connectivity index (χ0) is 11.6. The lowest BCUT2D eigenvalue weighted by molar-refractivity contribution is -0.124. The Morgan fingerprint density at radius 1 is 1.14 bits per heavy atom. The molecule has 0 aromatic heterocycles. The second-order valence-corrected chi connectivity index (χ2v) is 6.27. The summed E-state index contributed by atoms with van der Waals surface area (Å²) in [7, 11) is 0. The first-order valence-corrected chi connectivity index (χ1v) is 5.33. The smallest absolute Gasteiger partial charge is 0.220 e. The van der Waals surface area contributed by atoms with Gasteiger partial charge in [-0.25, -0.2) is 0 Å². The second-order valence-electron chi connectivity index (χ2n) is 6.27. The average Bonchev–Trinajstić information content (AvgIpc) is 1.79. The van der Waals surface area contributed by atoms with Gasteiger partial charge in [-0.2, -0.15) is 0 Å². The maximum Gasteiger partial charge on any atom is 0.220 e. The predicted molar refractivity (Wildman–Crippen MR) is 61.1 cm³/mol. The van der Waals surface area contributed by atoms with E-state index in [0.29, 0.717) is 12.3 Å². The van der Waals surface area contributed by atoms with Gasteiger partial charge in [-0.1, -0.05) is 27.7 Å². The SMILES string of the molecule is CC(CC(=O)NC(C)(C)C)C(C)(C)C. The van der Waals surface area contributed by atoms with E-state index < -0.39 is 0 Å². The van der Waals surface area contributed by atoms with E-state index in [2.05, 4.69) is 33.0 Å². The molecule has 1 amide bonds. The summed E-state index contributed by atoms with van der Waals surface area (Å²) in [6, 6.07) is 0. The van der Waals surface area contributed by atoms with Crippen LogP contribution in [-0.2, 0) is 4.79 Å². The fraction of sp³-hybridized carbons (Fsp3) is 0.917. The minimum atomic E-state index is -0.116. The van der Waals surface area contributed by atoms with Gasteiger partial charge in [-0.15, -0.1) is 0 Å². The summed E-state index contributed by atoms with van der Waals surface area (Å²) in [5.74, 6) is 0.560. The summed E-state index contributed by atoms with van der Waals surface area (Å²) in [5, 5.41) is 2.98.